The van der Waals surface area contributed by atoms with E-state index in [2.05, 4.69) is 28.9 Å². The third kappa shape index (κ3) is 13.3. The number of rotatable bonds is 22. The van der Waals surface area contributed by atoms with Crippen molar-refractivity contribution >= 4 is 11.9 Å². The van der Waals surface area contributed by atoms with E-state index >= 15 is 0 Å². The summed E-state index contributed by atoms with van der Waals surface area (Å²) in [5.74, 6) is -0.228. The fraction of sp³-hybridized carbons (Fsp3) is 0.767. The van der Waals surface area contributed by atoms with Crippen molar-refractivity contribution in [2.45, 2.75) is 118 Å². The summed E-state index contributed by atoms with van der Waals surface area (Å²) >= 11 is 0. The van der Waals surface area contributed by atoms with Crippen LogP contribution in [0.15, 0.2) is 29.6 Å². The van der Waals surface area contributed by atoms with Crippen LogP contribution in [0.2, 0.25) is 0 Å². The van der Waals surface area contributed by atoms with Gasteiger partial charge in [-0.15, -0.1) is 0 Å². The molecule has 8 heteroatoms. The third-order valence-corrected chi connectivity index (χ3v) is 7.37. The second-order valence-corrected chi connectivity index (χ2v) is 10.9. The number of hydrogen-bond donors (Lipinski definition) is 0. The molecule has 0 saturated carbocycles. The Labute approximate surface area is 229 Å². The summed E-state index contributed by atoms with van der Waals surface area (Å²) in [7, 11) is 0. The standard InChI is InChI=1S/C30H50N4O4/c1-5-7-18-30(4,28(36)38-25-13-14-26-15-22-32-23-16-26)20-10-9-19-29(3,17-6-2)27(35)37-24-12-8-11-21-33-34-31/h15-16,22-23H,5-14,17-21,24-25H2,1-4H3. The van der Waals surface area contributed by atoms with Crippen LogP contribution in [-0.4, -0.2) is 36.7 Å². The normalized spacial score (nSPS) is 14.1. The van der Waals surface area contributed by atoms with Crippen LogP contribution in [-0.2, 0) is 25.5 Å². The molecule has 2 atom stereocenters. The SMILES string of the molecule is CCCCC(C)(CCCCC(C)(CCC)C(=O)OCCCCCN=[N+]=[N-])C(=O)OCCCc1ccncc1. The molecule has 0 fully saturated rings. The molecule has 0 aliphatic heterocycles. The fourth-order valence-corrected chi connectivity index (χ4v) is 4.82. The van der Waals surface area contributed by atoms with Gasteiger partial charge in [-0.05, 0) is 94.9 Å². The fourth-order valence-electron chi connectivity index (χ4n) is 4.82. The largest absolute Gasteiger partial charge is 0.465 e. The molecule has 0 aliphatic carbocycles. The highest BCUT2D eigenvalue weighted by Crippen LogP contribution is 2.36. The lowest BCUT2D eigenvalue weighted by Crippen LogP contribution is -2.32. The number of nitrogens with zero attached hydrogens (tertiary/aromatic N) is 4. The number of carbonyl (C=O) groups is 2. The molecule has 1 rings (SSSR count). The first kappa shape index (κ1) is 33.4. The second kappa shape index (κ2) is 19.5. The molecular formula is C30H50N4O4. The molecule has 38 heavy (non-hydrogen) atoms. The molecule has 0 spiro atoms. The Kier molecular flexibility index (Phi) is 17.1. The van der Waals surface area contributed by atoms with E-state index in [-0.39, 0.29) is 11.9 Å². The maximum Gasteiger partial charge on any atom is 0.311 e. The van der Waals surface area contributed by atoms with Crippen LogP contribution in [0.25, 0.3) is 10.4 Å². The number of ether oxygens (including phenoxy) is 2. The number of unbranched alkanes of at least 4 members (excludes halogenated alkanes) is 4. The van der Waals surface area contributed by atoms with E-state index in [9.17, 15) is 9.59 Å². The van der Waals surface area contributed by atoms with Crippen LogP contribution in [0.1, 0.15) is 117 Å². The molecule has 0 bridgehead atoms. The Morgan fingerprint density at radius 2 is 1.39 bits per heavy atom. The molecule has 2 unspecified atom stereocenters. The van der Waals surface area contributed by atoms with Crippen LogP contribution in [0.4, 0.5) is 0 Å². The number of aromatic nitrogens is 1. The minimum atomic E-state index is -0.507. The maximum atomic E-state index is 13.1. The summed E-state index contributed by atoms with van der Waals surface area (Å²) < 4.78 is 11.4. The predicted octanol–water partition coefficient (Wildman–Crippen LogP) is 8.14. The highest BCUT2D eigenvalue weighted by atomic mass is 16.5. The van der Waals surface area contributed by atoms with E-state index in [4.69, 9.17) is 15.0 Å². The van der Waals surface area contributed by atoms with Gasteiger partial charge in [-0.3, -0.25) is 14.6 Å². The van der Waals surface area contributed by atoms with Crippen molar-refractivity contribution in [3.05, 3.63) is 40.5 Å². The summed E-state index contributed by atoms with van der Waals surface area (Å²) in [4.78, 5) is 32.8. The van der Waals surface area contributed by atoms with E-state index in [0.29, 0.717) is 19.8 Å². The highest BCUT2D eigenvalue weighted by molar-refractivity contribution is 5.76. The number of aryl methyl sites for hydroxylation is 1. The molecule has 0 aliphatic rings. The summed E-state index contributed by atoms with van der Waals surface area (Å²) in [5.41, 5.74) is 8.52. The maximum absolute atomic E-state index is 13.1. The molecule has 0 N–H and O–H groups in total. The van der Waals surface area contributed by atoms with Crippen molar-refractivity contribution in [2.75, 3.05) is 19.8 Å². The molecule has 1 aromatic rings. The van der Waals surface area contributed by atoms with Crippen LogP contribution in [0, 0.1) is 10.8 Å². The Hall–Kier alpha value is -2.60. The average Bonchev–Trinajstić information content (AvgIpc) is 2.92. The van der Waals surface area contributed by atoms with Gasteiger partial charge >= 0.3 is 11.9 Å². The van der Waals surface area contributed by atoms with Gasteiger partial charge in [-0.1, -0.05) is 51.1 Å². The molecule has 0 amide bonds. The first-order valence-electron chi connectivity index (χ1n) is 14.6. The minimum absolute atomic E-state index is 0.100. The minimum Gasteiger partial charge on any atom is -0.465 e. The van der Waals surface area contributed by atoms with Gasteiger partial charge in [-0.25, -0.2) is 0 Å². The zero-order chi connectivity index (χ0) is 28.1. The van der Waals surface area contributed by atoms with Crippen molar-refractivity contribution in [3.63, 3.8) is 0 Å². The third-order valence-electron chi connectivity index (χ3n) is 7.37. The van der Waals surface area contributed by atoms with Gasteiger partial charge in [-0.2, -0.15) is 0 Å². The smallest absolute Gasteiger partial charge is 0.311 e. The van der Waals surface area contributed by atoms with E-state index in [1.165, 1.54) is 5.56 Å². The van der Waals surface area contributed by atoms with Crippen molar-refractivity contribution in [2.24, 2.45) is 15.9 Å². The zero-order valence-corrected chi connectivity index (χ0v) is 24.3. The van der Waals surface area contributed by atoms with Crippen LogP contribution in [0.5, 0.6) is 0 Å². The van der Waals surface area contributed by atoms with Gasteiger partial charge in [0.1, 0.15) is 0 Å². The Bertz CT molecular complexity index is 844. The van der Waals surface area contributed by atoms with Gasteiger partial charge in [0, 0.05) is 23.9 Å². The topological polar surface area (TPSA) is 114 Å². The Morgan fingerprint density at radius 1 is 0.816 bits per heavy atom. The Morgan fingerprint density at radius 3 is 1.97 bits per heavy atom. The molecule has 1 aromatic heterocycles. The van der Waals surface area contributed by atoms with E-state index < -0.39 is 10.8 Å². The van der Waals surface area contributed by atoms with Crippen molar-refractivity contribution in [1.82, 2.24) is 4.98 Å². The summed E-state index contributed by atoms with van der Waals surface area (Å²) in [6, 6.07) is 3.98. The van der Waals surface area contributed by atoms with Gasteiger partial charge in [0.2, 0.25) is 0 Å². The number of hydrogen-bond acceptors (Lipinski definition) is 6. The number of azide groups is 1. The van der Waals surface area contributed by atoms with Crippen molar-refractivity contribution < 1.29 is 19.1 Å². The van der Waals surface area contributed by atoms with E-state index in [0.717, 1.165) is 89.9 Å². The van der Waals surface area contributed by atoms with Crippen molar-refractivity contribution in [1.29, 1.82) is 0 Å². The molecule has 1 heterocycles. The van der Waals surface area contributed by atoms with Crippen LogP contribution < -0.4 is 0 Å². The predicted molar refractivity (Wildman–Crippen MR) is 151 cm³/mol. The molecule has 214 valence electrons. The lowest BCUT2D eigenvalue weighted by atomic mass is 9.77. The lowest BCUT2D eigenvalue weighted by molar-refractivity contribution is -0.157. The molecular weight excluding hydrogens is 480 g/mol. The first-order valence-corrected chi connectivity index (χ1v) is 14.6. The molecule has 0 radical (unpaired) electrons. The Balaban J connectivity index is 2.51. The van der Waals surface area contributed by atoms with Crippen molar-refractivity contribution in [3.8, 4) is 0 Å². The number of esters is 2. The van der Waals surface area contributed by atoms with E-state index in [1.807, 2.05) is 26.0 Å². The molecule has 0 saturated heterocycles. The summed E-state index contributed by atoms with van der Waals surface area (Å²) in [6.45, 7) is 9.58. The lowest BCUT2D eigenvalue weighted by Gasteiger charge is -2.29. The quantitative estimate of drug-likeness (QED) is 0.0493. The van der Waals surface area contributed by atoms with Crippen LogP contribution >= 0.6 is 0 Å². The molecule has 0 aromatic carbocycles. The monoisotopic (exact) mass is 530 g/mol. The average molecular weight is 531 g/mol. The highest BCUT2D eigenvalue weighted by Gasteiger charge is 2.36. The first-order chi connectivity index (χ1) is 18.3. The van der Waals surface area contributed by atoms with Crippen LogP contribution in [0.3, 0.4) is 0 Å². The summed E-state index contributed by atoms with van der Waals surface area (Å²) in [5, 5.41) is 3.53. The number of carbonyl (C=O) groups excluding carboxylic acids is 2. The summed E-state index contributed by atoms with van der Waals surface area (Å²) in [6.07, 6.45) is 15.5. The van der Waals surface area contributed by atoms with E-state index in [1.54, 1.807) is 12.4 Å². The van der Waals surface area contributed by atoms with Gasteiger partial charge in [0.25, 0.3) is 0 Å². The van der Waals surface area contributed by atoms with Gasteiger partial charge in [0.15, 0.2) is 0 Å². The second-order valence-electron chi connectivity index (χ2n) is 10.9. The number of pyridine rings is 1. The molecule has 8 nitrogen and oxygen atoms in total. The van der Waals surface area contributed by atoms with Gasteiger partial charge < -0.3 is 9.47 Å². The van der Waals surface area contributed by atoms with Gasteiger partial charge in [0.05, 0.1) is 24.0 Å². The zero-order valence-electron chi connectivity index (χ0n) is 24.3.